The molecular weight excluding hydrogens is 1700 g/mol. The Labute approximate surface area is 750 Å². The zero-order chi connectivity index (χ0) is 91.3. The van der Waals surface area contributed by atoms with E-state index in [2.05, 4.69) is 36.5 Å². The Morgan fingerprint density at radius 3 is 1.54 bits per heavy atom. The first-order valence-corrected chi connectivity index (χ1v) is 43.6. The zero-order valence-electron chi connectivity index (χ0n) is 72.5. The van der Waals surface area contributed by atoms with E-state index in [4.69, 9.17) is 40.0 Å². The molecule has 0 atom stereocenters. The van der Waals surface area contributed by atoms with Gasteiger partial charge in [0.25, 0.3) is 23.6 Å². The molecule has 8 aliphatic rings. The van der Waals surface area contributed by atoms with Crippen LogP contribution in [0.4, 0.5) is 26.3 Å². The van der Waals surface area contributed by atoms with Crippen molar-refractivity contribution in [3.05, 3.63) is 286 Å². The van der Waals surface area contributed by atoms with E-state index in [1.807, 2.05) is 137 Å². The van der Waals surface area contributed by atoms with Crippen LogP contribution in [-0.4, -0.2) is 161 Å². The Hall–Kier alpha value is -13.5. The number of hydrogen-bond acceptors (Lipinski definition) is 16. The Bertz CT molecular complexity index is 6260. The molecule has 24 nitrogen and oxygen atoms in total. The SMILES string of the molecule is CC(=O)c1ccc2n1-c1ccccc1OC21CCN(C(=O)c2ccc(C(C)(C)O)cc2)CC1.CCOc1cc(OCC)cc(C(=O)N2CCC3(CC2)Oc2cc(Cl)ccc2-n2cccc23)c1.Cn1ncc2c1-c1cc(F)ccc1OC21CCN(C(=O)c2ccccc2OC(F)(F)F)CC1.Cn1ncc2c1-c1ccccc1OC21CCN(C(=O)c2ccccc2OC(F)F)CC1. The second-order valence-corrected chi connectivity index (χ2v) is 34.1. The standard InChI is InChI=1S/C27H28N2O4.C26H27ClN2O4.C23H19F4N3O3.C23H21F2N3O3/c1-18(30)21-12-13-24-27(33-23-7-5-4-6-22(23)29(21)24)14-16-28(17-15-27)25(31)19-8-10-20(11-9-19)26(2,3)32;1-3-31-20-14-18(15-21(17-20)32-4-2)25(30)28-12-9-26(10-13-28)24-6-5-11-29(24)22-8-7-19(27)16-23(22)33-26;1-29-20-16-12-14(24)6-7-19(16)32-22(17(20)13-28-29)8-10-30(11-9-22)21(31)15-4-2-3-5-18(15)33-23(25,26)27;1-27-20-15-6-2-5-9-19(15)31-23(17(20)14-26-27)10-12-28(13-11-23)21(29)16-7-3-4-8-18(16)30-22(24)25/h4-13,32H,14-17H2,1-3H3;5-8,11,14-17H,3-4,9-10,12-13H2,1-2H3;2-7,12-13H,8-11H2,1H3;2-9,14,22H,10-13H2,1H3. The summed E-state index contributed by atoms with van der Waals surface area (Å²) in [4.78, 5) is 71.8. The molecule has 12 heterocycles. The van der Waals surface area contributed by atoms with Gasteiger partial charge < -0.3 is 71.7 Å². The maximum absolute atomic E-state index is 13.9. The first kappa shape index (κ1) is 88.5. The molecule has 0 aliphatic carbocycles. The third kappa shape index (κ3) is 17.2. The molecule has 4 spiro atoms. The Morgan fingerprint density at radius 2 is 0.977 bits per heavy atom. The summed E-state index contributed by atoms with van der Waals surface area (Å²) in [5.41, 5.74) is 8.36. The van der Waals surface area contributed by atoms with Crippen LogP contribution in [0.15, 0.2) is 219 Å². The molecule has 130 heavy (non-hydrogen) atoms. The Morgan fingerprint density at radius 1 is 0.492 bits per heavy atom. The van der Waals surface area contributed by atoms with Crippen LogP contribution in [0, 0.1) is 5.82 Å². The van der Waals surface area contributed by atoms with Crippen molar-refractivity contribution in [3.8, 4) is 79.9 Å². The average molecular weight is 1800 g/mol. The monoisotopic (exact) mass is 1800 g/mol. The van der Waals surface area contributed by atoms with E-state index in [0.717, 1.165) is 79.7 Å². The number of fused-ring (bicyclic) bond motifs is 16. The molecule has 1 N–H and O–H groups in total. The molecule has 20 rings (SSSR count). The zero-order valence-corrected chi connectivity index (χ0v) is 73.2. The number of hydrogen-bond donors (Lipinski definition) is 1. The van der Waals surface area contributed by atoms with E-state index in [-0.39, 0.29) is 59.3 Å². The molecular formula is C99H95ClF6N10O14. The molecule has 4 saturated heterocycles. The fourth-order valence-corrected chi connectivity index (χ4v) is 19.1. The highest BCUT2D eigenvalue weighted by Crippen LogP contribution is 2.54. The van der Waals surface area contributed by atoms with Crippen molar-refractivity contribution >= 4 is 41.0 Å². The molecule has 4 amide bonds. The number of amides is 4. The largest absolute Gasteiger partial charge is 0.573 e. The number of rotatable bonds is 13. The van der Waals surface area contributed by atoms with Gasteiger partial charge in [0, 0.05) is 181 Å². The molecule has 12 aromatic rings. The molecule has 8 aliphatic heterocycles. The van der Waals surface area contributed by atoms with Crippen LogP contribution in [0.3, 0.4) is 0 Å². The number of aliphatic hydroxyl groups is 1. The second kappa shape index (κ2) is 35.5. The van der Waals surface area contributed by atoms with Crippen LogP contribution in [0.25, 0.3) is 33.9 Å². The van der Waals surface area contributed by atoms with Gasteiger partial charge in [-0.05, 0) is 161 Å². The summed E-state index contributed by atoms with van der Waals surface area (Å²) in [7, 11) is 3.68. The highest BCUT2D eigenvalue weighted by molar-refractivity contribution is 6.30. The molecule has 674 valence electrons. The van der Waals surface area contributed by atoms with Gasteiger partial charge in [0.15, 0.2) is 17.0 Å². The highest BCUT2D eigenvalue weighted by atomic mass is 35.5. The van der Waals surface area contributed by atoms with Crippen LogP contribution in [-0.2, 0) is 42.1 Å². The van der Waals surface area contributed by atoms with Crippen LogP contribution in [0.1, 0.15) is 166 Å². The predicted octanol–water partition coefficient (Wildman–Crippen LogP) is 18.7. The van der Waals surface area contributed by atoms with Gasteiger partial charge >= 0.3 is 13.0 Å². The van der Waals surface area contributed by atoms with Gasteiger partial charge in [-0.15, -0.1) is 13.2 Å². The third-order valence-electron chi connectivity index (χ3n) is 25.3. The number of nitrogens with zero attached hydrogens (tertiary/aromatic N) is 10. The highest BCUT2D eigenvalue weighted by Gasteiger charge is 2.51. The normalized spacial score (nSPS) is 16.5. The topological polar surface area (TPSA) is 238 Å². The molecule has 0 unspecified atom stereocenters. The minimum Gasteiger partial charge on any atom is -0.494 e. The van der Waals surface area contributed by atoms with Crippen LogP contribution >= 0.6 is 11.6 Å². The maximum atomic E-state index is 13.9. The minimum atomic E-state index is -4.90. The molecule has 31 heteroatoms. The van der Waals surface area contributed by atoms with Gasteiger partial charge in [0.05, 0.1) is 82.2 Å². The van der Waals surface area contributed by atoms with Crippen molar-refractivity contribution in [2.45, 2.75) is 127 Å². The van der Waals surface area contributed by atoms with Gasteiger partial charge in [0.2, 0.25) is 0 Å². The van der Waals surface area contributed by atoms with Crippen LogP contribution in [0.5, 0.6) is 46.0 Å². The van der Waals surface area contributed by atoms with Crippen molar-refractivity contribution in [1.82, 2.24) is 48.3 Å². The van der Waals surface area contributed by atoms with E-state index < -0.39 is 52.6 Å². The molecule has 4 aromatic heterocycles. The number of benzene rings is 8. The van der Waals surface area contributed by atoms with Gasteiger partial charge in [-0.2, -0.15) is 19.0 Å². The van der Waals surface area contributed by atoms with E-state index in [1.165, 1.54) is 47.4 Å². The number of alkyl halides is 5. The number of likely N-dealkylation sites (tertiary alicyclic amines) is 4. The summed E-state index contributed by atoms with van der Waals surface area (Å²) in [5.74, 6) is 2.19. The van der Waals surface area contributed by atoms with Gasteiger partial charge in [-0.3, -0.25) is 33.3 Å². The molecule has 0 saturated carbocycles. The molecule has 0 radical (unpaired) electrons. The Balaban J connectivity index is 0.000000121. The van der Waals surface area contributed by atoms with Gasteiger partial charge in [0.1, 0.15) is 63.0 Å². The van der Waals surface area contributed by atoms with Crippen molar-refractivity contribution in [2.24, 2.45) is 14.1 Å². The quantitative estimate of drug-likeness (QED) is 0.0834. The lowest BCUT2D eigenvalue weighted by molar-refractivity contribution is -0.274. The predicted molar refractivity (Wildman–Crippen MR) is 470 cm³/mol. The minimum absolute atomic E-state index is 0.00946. The number of carbonyl (C=O) groups excluding carboxylic acids is 5. The van der Waals surface area contributed by atoms with Gasteiger partial charge in [-0.1, -0.05) is 72.3 Å². The summed E-state index contributed by atoms with van der Waals surface area (Å²) in [6.45, 7) is 10.6. The number of ketones is 1. The van der Waals surface area contributed by atoms with Crippen LogP contribution in [0.2, 0.25) is 5.02 Å². The Kier molecular flexibility index (Phi) is 24.2. The molecule has 0 bridgehead atoms. The number of piperidine rings is 4. The third-order valence-corrected chi connectivity index (χ3v) is 25.6. The summed E-state index contributed by atoms with van der Waals surface area (Å²) >= 11 is 6.25. The lowest BCUT2D eigenvalue weighted by Crippen LogP contribution is -2.50. The first-order chi connectivity index (χ1) is 62.4. The van der Waals surface area contributed by atoms with E-state index in [9.17, 15) is 55.4 Å². The number of Topliss-reactive ketones (excluding diaryl/α,β-unsaturated/α-hetero) is 1. The van der Waals surface area contributed by atoms with Crippen molar-refractivity contribution in [2.75, 3.05) is 65.6 Å². The number of carbonyl (C=O) groups is 5. The number of para-hydroxylation sites is 5. The van der Waals surface area contributed by atoms with Crippen molar-refractivity contribution in [3.63, 3.8) is 0 Å². The summed E-state index contributed by atoms with van der Waals surface area (Å²) in [5, 5.41) is 19.6. The average Bonchev–Trinajstić information content (AvgIpc) is 1.49. The van der Waals surface area contributed by atoms with Gasteiger partial charge in [-0.25, -0.2) is 4.39 Å². The van der Waals surface area contributed by atoms with Crippen LogP contribution < -0.4 is 37.9 Å². The smallest absolute Gasteiger partial charge is 0.494 e. The van der Waals surface area contributed by atoms with Crippen molar-refractivity contribution in [1.29, 1.82) is 0 Å². The van der Waals surface area contributed by atoms with E-state index >= 15 is 0 Å². The molecule has 4 fully saturated rings. The summed E-state index contributed by atoms with van der Waals surface area (Å²) < 4.78 is 131. The fraction of sp³-hybridized carbons (Fsp3) is 0.323. The van der Waals surface area contributed by atoms with E-state index in [0.29, 0.717) is 149 Å². The van der Waals surface area contributed by atoms with Crippen molar-refractivity contribution < 1.29 is 93.3 Å². The lowest BCUT2D eigenvalue weighted by atomic mass is 9.81. The number of aryl methyl sites for hydroxylation is 2. The van der Waals surface area contributed by atoms with E-state index in [1.54, 1.807) is 98.2 Å². The summed E-state index contributed by atoms with van der Waals surface area (Å²) in [6.07, 6.45) is 5.28. The number of aromatic nitrogens is 6. The first-order valence-electron chi connectivity index (χ1n) is 43.2. The molecule has 8 aromatic carbocycles. The second-order valence-electron chi connectivity index (χ2n) is 33.7. The lowest BCUT2D eigenvalue weighted by Gasteiger charge is -2.45. The number of halogens is 7. The maximum Gasteiger partial charge on any atom is 0.573 e. The summed E-state index contributed by atoms with van der Waals surface area (Å²) in [6, 6.07) is 57.6. The fourth-order valence-electron chi connectivity index (χ4n) is 18.9. The number of ether oxygens (including phenoxy) is 8.